The van der Waals surface area contributed by atoms with E-state index < -0.39 is 5.97 Å². The molecule has 0 radical (unpaired) electrons. The maximum Gasteiger partial charge on any atom is 0.335 e. The number of carboxylic acid groups (broad SMARTS) is 1. The summed E-state index contributed by atoms with van der Waals surface area (Å²) in [7, 11) is 0. The topological polar surface area (TPSA) is 66.4 Å². The first kappa shape index (κ1) is 15.4. The van der Waals surface area contributed by atoms with Gasteiger partial charge in [-0.05, 0) is 29.8 Å². The summed E-state index contributed by atoms with van der Waals surface area (Å²) in [4.78, 5) is 22.8. The highest BCUT2D eigenvalue weighted by Crippen LogP contribution is 2.24. The number of carbonyl (C=O) groups excluding carboxylic acids is 1. The summed E-state index contributed by atoms with van der Waals surface area (Å²) in [5.74, 6) is -1.36. The normalized spacial score (nSPS) is 10.2. The molecule has 6 heteroatoms. The first-order valence-electron chi connectivity index (χ1n) is 6.03. The van der Waals surface area contributed by atoms with Crippen LogP contribution in [0.3, 0.4) is 0 Å². The molecule has 1 amide bonds. The lowest BCUT2D eigenvalue weighted by Crippen LogP contribution is -2.15. The number of hydrogen-bond donors (Lipinski definition) is 2. The van der Waals surface area contributed by atoms with Gasteiger partial charge in [0, 0.05) is 5.02 Å². The van der Waals surface area contributed by atoms with Crippen molar-refractivity contribution in [3.8, 4) is 0 Å². The van der Waals surface area contributed by atoms with Crippen LogP contribution in [0.4, 0.5) is 5.69 Å². The molecule has 4 nitrogen and oxygen atoms in total. The van der Waals surface area contributed by atoms with E-state index in [-0.39, 0.29) is 22.9 Å². The predicted octanol–water partition coefficient (Wildman–Crippen LogP) is 3.87. The highest BCUT2D eigenvalue weighted by molar-refractivity contribution is 6.34. The molecule has 0 atom stereocenters. The number of amides is 1. The molecule has 0 saturated heterocycles. The molecule has 0 unspecified atom stereocenters. The Morgan fingerprint density at radius 2 is 1.76 bits per heavy atom. The van der Waals surface area contributed by atoms with E-state index in [0.29, 0.717) is 16.3 Å². The molecule has 0 aliphatic heterocycles. The molecule has 2 N–H and O–H groups in total. The first-order valence-corrected chi connectivity index (χ1v) is 6.79. The van der Waals surface area contributed by atoms with E-state index in [1.54, 1.807) is 24.3 Å². The Morgan fingerprint density at radius 3 is 2.38 bits per heavy atom. The number of aromatic carboxylic acids is 1. The molecular formula is C15H11Cl2NO3. The fraction of sp³-hybridized carbons (Fsp3) is 0.0667. The van der Waals surface area contributed by atoms with Gasteiger partial charge in [-0.15, -0.1) is 0 Å². The van der Waals surface area contributed by atoms with Crippen LogP contribution in [-0.4, -0.2) is 17.0 Å². The van der Waals surface area contributed by atoms with E-state index in [2.05, 4.69) is 5.32 Å². The molecule has 0 fully saturated rings. The van der Waals surface area contributed by atoms with Gasteiger partial charge in [0.2, 0.25) is 5.91 Å². The average Bonchev–Trinajstić information content (AvgIpc) is 2.43. The van der Waals surface area contributed by atoms with Crippen molar-refractivity contribution in [2.75, 3.05) is 5.32 Å². The summed E-state index contributed by atoms with van der Waals surface area (Å²) in [6, 6.07) is 11.2. The lowest BCUT2D eigenvalue weighted by molar-refractivity contribution is -0.115. The molecule has 0 heterocycles. The van der Waals surface area contributed by atoms with Crippen LogP contribution in [0.25, 0.3) is 0 Å². The van der Waals surface area contributed by atoms with Crippen molar-refractivity contribution in [1.82, 2.24) is 0 Å². The van der Waals surface area contributed by atoms with Crippen LogP contribution in [0.2, 0.25) is 10.0 Å². The summed E-state index contributed by atoms with van der Waals surface area (Å²) >= 11 is 11.9. The Morgan fingerprint density at radius 1 is 1.05 bits per heavy atom. The van der Waals surface area contributed by atoms with E-state index in [4.69, 9.17) is 28.3 Å². The van der Waals surface area contributed by atoms with Crippen LogP contribution < -0.4 is 5.32 Å². The zero-order valence-corrected chi connectivity index (χ0v) is 12.3. The van der Waals surface area contributed by atoms with E-state index in [0.717, 1.165) is 0 Å². The third-order valence-electron chi connectivity index (χ3n) is 2.80. The van der Waals surface area contributed by atoms with Crippen molar-refractivity contribution in [2.24, 2.45) is 0 Å². The number of halogens is 2. The van der Waals surface area contributed by atoms with Crippen LogP contribution in [-0.2, 0) is 11.2 Å². The van der Waals surface area contributed by atoms with Gasteiger partial charge < -0.3 is 10.4 Å². The molecule has 2 aromatic rings. The fourth-order valence-electron chi connectivity index (χ4n) is 1.76. The molecule has 0 saturated carbocycles. The Bertz CT molecular complexity index is 701. The van der Waals surface area contributed by atoms with Crippen molar-refractivity contribution in [2.45, 2.75) is 6.42 Å². The third kappa shape index (κ3) is 3.97. The maximum atomic E-state index is 12.0. The van der Waals surface area contributed by atoms with E-state index in [9.17, 15) is 9.59 Å². The molecule has 108 valence electrons. The summed E-state index contributed by atoms with van der Waals surface area (Å²) < 4.78 is 0. The molecule has 0 aliphatic carbocycles. The molecule has 0 spiro atoms. The Labute approximate surface area is 131 Å². The van der Waals surface area contributed by atoms with Crippen LogP contribution in [0.15, 0.2) is 42.5 Å². The van der Waals surface area contributed by atoms with Gasteiger partial charge in [0.05, 0.1) is 22.7 Å². The minimum Gasteiger partial charge on any atom is -0.478 e. The lowest BCUT2D eigenvalue weighted by Gasteiger charge is -2.08. The standard InChI is InChI=1S/C15H11Cl2NO3/c16-11-4-2-1-3-9(11)8-14(19)18-13-6-5-10(15(20)21)7-12(13)17/h1-7H,8H2,(H,18,19)(H,20,21). The van der Waals surface area contributed by atoms with Gasteiger partial charge in [-0.3, -0.25) is 4.79 Å². The second kappa shape index (κ2) is 6.61. The first-order chi connectivity index (χ1) is 9.97. The van der Waals surface area contributed by atoms with E-state index >= 15 is 0 Å². The van der Waals surface area contributed by atoms with Gasteiger partial charge in [0.1, 0.15) is 0 Å². The van der Waals surface area contributed by atoms with Crippen LogP contribution in [0.1, 0.15) is 15.9 Å². The highest BCUT2D eigenvalue weighted by Gasteiger charge is 2.11. The van der Waals surface area contributed by atoms with Gasteiger partial charge in [0.25, 0.3) is 0 Å². The van der Waals surface area contributed by atoms with Gasteiger partial charge in [0.15, 0.2) is 0 Å². The Hall–Kier alpha value is -2.04. The second-order valence-corrected chi connectivity index (χ2v) is 5.13. The smallest absolute Gasteiger partial charge is 0.335 e. The minimum atomic E-state index is -1.08. The van der Waals surface area contributed by atoms with Crippen molar-refractivity contribution in [1.29, 1.82) is 0 Å². The van der Waals surface area contributed by atoms with Crippen molar-refractivity contribution >= 4 is 40.8 Å². The molecule has 0 bridgehead atoms. The number of nitrogens with one attached hydrogen (secondary N) is 1. The molecular weight excluding hydrogens is 313 g/mol. The quantitative estimate of drug-likeness (QED) is 0.897. The number of carboxylic acids is 1. The monoisotopic (exact) mass is 323 g/mol. The van der Waals surface area contributed by atoms with E-state index in [1.807, 2.05) is 0 Å². The van der Waals surface area contributed by atoms with Gasteiger partial charge in [-0.25, -0.2) is 4.79 Å². The number of rotatable bonds is 4. The van der Waals surface area contributed by atoms with Crippen molar-refractivity contribution in [3.63, 3.8) is 0 Å². The summed E-state index contributed by atoms with van der Waals surface area (Å²) in [6.07, 6.45) is 0.108. The van der Waals surface area contributed by atoms with Crippen molar-refractivity contribution < 1.29 is 14.7 Å². The lowest BCUT2D eigenvalue weighted by atomic mass is 10.1. The summed E-state index contributed by atoms with van der Waals surface area (Å²) in [6.45, 7) is 0. The number of hydrogen-bond acceptors (Lipinski definition) is 2. The van der Waals surface area contributed by atoms with Crippen LogP contribution in [0.5, 0.6) is 0 Å². The summed E-state index contributed by atoms with van der Waals surface area (Å²) in [5, 5.41) is 12.2. The number of carbonyl (C=O) groups is 2. The maximum absolute atomic E-state index is 12.0. The van der Waals surface area contributed by atoms with E-state index in [1.165, 1.54) is 18.2 Å². The molecule has 2 aromatic carbocycles. The highest BCUT2D eigenvalue weighted by atomic mass is 35.5. The largest absolute Gasteiger partial charge is 0.478 e. The number of benzene rings is 2. The minimum absolute atomic E-state index is 0.0594. The van der Waals surface area contributed by atoms with Gasteiger partial charge in [-0.1, -0.05) is 41.4 Å². The zero-order chi connectivity index (χ0) is 15.4. The zero-order valence-electron chi connectivity index (χ0n) is 10.8. The molecule has 2 rings (SSSR count). The van der Waals surface area contributed by atoms with Crippen LogP contribution in [0, 0.1) is 0 Å². The predicted molar refractivity (Wildman–Crippen MR) is 82.2 cm³/mol. The molecule has 21 heavy (non-hydrogen) atoms. The van der Waals surface area contributed by atoms with Gasteiger partial charge >= 0.3 is 5.97 Å². The Kier molecular flexibility index (Phi) is 4.83. The average molecular weight is 324 g/mol. The molecule has 0 aliphatic rings. The Balaban J connectivity index is 2.10. The molecule has 0 aromatic heterocycles. The van der Waals surface area contributed by atoms with Crippen LogP contribution >= 0.6 is 23.2 Å². The second-order valence-electron chi connectivity index (χ2n) is 4.32. The van der Waals surface area contributed by atoms with Crippen molar-refractivity contribution in [3.05, 3.63) is 63.6 Å². The third-order valence-corrected chi connectivity index (χ3v) is 3.48. The fourth-order valence-corrected chi connectivity index (χ4v) is 2.19. The van der Waals surface area contributed by atoms with Gasteiger partial charge in [-0.2, -0.15) is 0 Å². The summed E-state index contributed by atoms with van der Waals surface area (Å²) in [5.41, 5.74) is 1.12. The number of anilines is 1. The SMILES string of the molecule is O=C(Cc1ccccc1Cl)Nc1ccc(C(=O)O)cc1Cl.